The Kier molecular flexibility index (Phi) is 1.26. The van der Waals surface area contributed by atoms with Crippen LogP contribution in [0.4, 0.5) is 0 Å². The summed E-state index contributed by atoms with van der Waals surface area (Å²) in [5, 5.41) is 0. The lowest BCUT2D eigenvalue weighted by atomic mass is 9.69. The van der Waals surface area contributed by atoms with Crippen LogP contribution >= 0.6 is 0 Å². The number of hydrogen-bond donors (Lipinski definition) is 1. The number of hydrogen-bond acceptors (Lipinski definition) is 0. The van der Waals surface area contributed by atoms with E-state index in [2.05, 4.69) is 26.5 Å². The maximum atomic E-state index is 4.29. The van der Waals surface area contributed by atoms with Gasteiger partial charge in [0.05, 0.1) is 6.04 Å². The van der Waals surface area contributed by atoms with Gasteiger partial charge in [-0.1, -0.05) is 20.8 Å². The lowest BCUT2D eigenvalue weighted by molar-refractivity contribution is -0.446. The first-order valence-electron chi connectivity index (χ1n) is 4.81. The summed E-state index contributed by atoms with van der Waals surface area (Å²) in [5.74, 6) is 0.968. The first-order chi connectivity index (χ1) is 4.98. The molecule has 2 rings (SSSR count). The Morgan fingerprint density at radius 1 is 1.27 bits per heavy atom. The average Bonchev–Trinajstić information content (AvgIpc) is 2.20. The van der Waals surface area contributed by atoms with E-state index in [1.165, 1.54) is 19.3 Å². The molecule has 0 aliphatic heterocycles. The van der Waals surface area contributed by atoms with Crippen LogP contribution in [0.3, 0.4) is 0 Å². The second-order valence-corrected chi connectivity index (χ2v) is 5.31. The van der Waals surface area contributed by atoms with Crippen molar-refractivity contribution in [1.29, 1.82) is 0 Å². The van der Waals surface area contributed by atoms with Gasteiger partial charge in [-0.25, -0.2) is 0 Å². The van der Waals surface area contributed by atoms with Crippen LogP contribution in [0.25, 0.3) is 0 Å². The van der Waals surface area contributed by atoms with Crippen LogP contribution in [-0.2, 0) is 0 Å². The van der Waals surface area contributed by atoms with Crippen molar-refractivity contribution in [3.63, 3.8) is 0 Å². The Balaban J connectivity index is 2.40. The second-order valence-electron chi connectivity index (χ2n) is 5.31. The Labute approximate surface area is 69.4 Å². The highest BCUT2D eigenvalue weighted by Crippen LogP contribution is 2.64. The standard InChI is InChI=1S/C10H19N/c1-9(2)7-4-5-10(9,3)8(11)6-7/h7-8H,4-6,11H2,1-3H3/p+1/t7-,8-,10-/m0/s1. The highest BCUT2D eigenvalue weighted by molar-refractivity contribution is 5.09. The third-order valence-electron chi connectivity index (χ3n) is 4.97. The smallest absolute Gasteiger partial charge is 0.0905 e. The van der Waals surface area contributed by atoms with Gasteiger partial charge in [-0.15, -0.1) is 0 Å². The van der Waals surface area contributed by atoms with Crippen molar-refractivity contribution in [2.24, 2.45) is 16.7 Å². The maximum Gasteiger partial charge on any atom is 0.0905 e. The van der Waals surface area contributed by atoms with Crippen LogP contribution in [0.15, 0.2) is 0 Å². The molecular formula is C10H20N+. The first kappa shape index (κ1) is 7.60. The molecule has 0 unspecified atom stereocenters. The second kappa shape index (κ2) is 1.82. The number of quaternary nitrogens is 1. The molecule has 2 fully saturated rings. The molecular weight excluding hydrogens is 134 g/mol. The summed E-state index contributed by atoms with van der Waals surface area (Å²) in [7, 11) is 0. The van der Waals surface area contributed by atoms with Crippen molar-refractivity contribution >= 4 is 0 Å². The van der Waals surface area contributed by atoms with Crippen LogP contribution in [0.5, 0.6) is 0 Å². The summed E-state index contributed by atoms with van der Waals surface area (Å²) in [4.78, 5) is 0. The monoisotopic (exact) mass is 154 g/mol. The molecule has 0 spiro atoms. The van der Waals surface area contributed by atoms with Gasteiger partial charge in [-0.05, 0) is 24.2 Å². The van der Waals surface area contributed by atoms with Crippen LogP contribution in [0.2, 0.25) is 0 Å². The van der Waals surface area contributed by atoms with Crippen LogP contribution in [-0.4, -0.2) is 6.04 Å². The third kappa shape index (κ3) is 0.658. The molecule has 3 atom stereocenters. The summed E-state index contributed by atoms with van der Waals surface area (Å²) in [6.45, 7) is 7.32. The van der Waals surface area contributed by atoms with E-state index in [-0.39, 0.29) is 0 Å². The van der Waals surface area contributed by atoms with E-state index in [1.54, 1.807) is 0 Å². The molecule has 2 bridgehead atoms. The molecule has 1 heteroatoms. The van der Waals surface area contributed by atoms with Crippen molar-refractivity contribution in [1.82, 2.24) is 0 Å². The number of rotatable bonds is 0. The Hall–Kier alpha value is -0.0400. The van der Waals surface area contributed by atoms with Gasteiger partial charge in [0.1, 0.15) is 0 Å². The molecule has 0 aromatic heterocycles. The van der Waals surface area contributed by atoms with Gasteiger partial charge < -0.3 is 5.73 Å². The summed E-state index contributed by atoms with van der Waals surface area (Å²) in [6.07, 6.45) is 4.25. The van der Waals surface area contributed by atoms with Gasteiger partial charge in [0.2, 0.25) is 0 Å². The summed E-state index contributed by atoms with van der Waals surface area (Å²) in [5.41, 5.74) is 5.41. The Morgan fingerprint density at radius 2 is 1.91 bits per heavy atom. The minimum Gasteiger partial charge on any atom is -0.355 e. The van der Waals surface area contributed by atoms with Gasteiger partial charge in [-0.3, -0.25) is 0 Å². The van der Waals surface area contributed by atoms with Crippen LogP contribution in [0.1, 0.15) is 40.0 Å². The SMILES string of the molecule is CC1(C)[C@H]2CC[C@@]1(C)[C@@H]([NH3+])C2. The molecule has 2 saturated carbocycles. The lowest BCUT2D eigenvalue weighted by Crippen LogP contribution is -2.67. The van der Waals surface area contributed by atoms with E-state index in [9.17, 15) is 0 Å². The zero-order valence-corrected chi connectivity index (χ0v) is 7.98. The fourth-order valence-corrected chi connectivity index (χ4v) is 3.37. The Bertz CT molecular complexity index is 185. The van der Waals surface area contributed by atoms with E-state index in [4.69, 9.17) is 0 Å². The minimum atomic E-state index is 0.553. The van der Waals surface area contributed by atoms with Gasteiger partial charge >= 0.3 is 0 Å². The maximum absolute atomic E-state index is 4.29. The molecule has 3 N–H and O–H groups in total. The summed E-state index contributed by atoms with van der Waals surface area (Å²) >= 11 is 0. The van der Waals surface area contributed by atoms with Gasteiger partial charge in [0.25, 0.3) is 0 Å². The fourth-order valence-electron chi connectivity index (χ4n) is 3.37. The molecule has 0 aromatic rings. The fraction of sp³-hybridized carbons (Fsp3) is 1.00. The molecule has 0 saturated heterocycles. The van der Waals surface area contributed by atoms with Crippen LogP contribution in [0, 0.1) is 16.7 Å². The molecule has 11 heavy (non-hydrogen) atoms. The third-order valence-corrected chi connectivity index (χ3v) is 4.97. The molecule has 2 aliphatic carbocycles. The molecule has 0 amide bonds. The number of fused-ring (bicyclic) bond motifs is 2. The molecule has 64 valence electrons. The first-order valence-corrected chi connectivity index (χ1v) is 4.81. The predicted octanol–water partition coefficient (Wildman–Crippen LogP) is 1.44. The Morgan fingerprint density at radius 3 is 2.09 bits per heavy atom. The predicted molar refractivity (Wildman–Crippen MR) is 45.9 cm³/mol. The van der Waals surface area contributed by atoms with E-state index in [1.807, 2.05) is 0 Å². The topological polar surface area (TPSA) is 27.6 Å². The highest BCUT2D eigenvalue weighted by atomic mass is 14.8. The van der Waals surface area contributed by atoms with Crippen molar-refractivity contribution in [3.8, 4) is 0 Å². The lowest BCUT2D eigenvalue weighted by Gasteiger charge is -2.35. The van der Waals surface area contributed by atoms with Crippen molar-refractivity contribution in [3.05, 3.63) is 0 Å². The van der Waals surface area contributed by atoms with E-state index >= 15 is 0 Å². The average molecular weight is 154 g/mol. The van der Waals surface area contributed by atoms with Gasteiger partial charge in [0.15, 0.2) is 0 Å². The van der Waals surface area contributed by atoms with E-state index in [0.717, 1.165) is 12.0 Å². The molecule has 0 heterocycles. The van der Waals surface area contributed by atoms with Crippen LogP contribution < -0.4 is 5.73 Å². The largest absolute Gasteiger partial charge is 0.355 e. The zero-order chi connectivity index (χ0) is 8.28. The zero-order valence-electron chi connectivity index (χ0n) is 7.98. The minimum absolute atomic E-state index is 0.553. The van der Waals surface area contributed by atoms with Crippen molar-refractivity contribution in [2.75, 3.05) is 0 Å². The van der Waals surface area contributed by atoms with Gasteiger partial charge in [0, 0.05) is 11.8 Å². The van der Waals surface area contributed by atoms with Gasteiger partial charge in [-0.2, -0.15) is 0 Å². The summed E-state index contributed by atoms with van der Waals surface area (Å²) in [6, 6.07) is 0.719. The molecule has 0 aromatic carbocycles. The molecule has 1 nitrogen and oxygen atoms in total. The van der Waals surface area contributed by atoms with Crippen molar-refractivity contribution < 1.29 is 5.73 Å². The molecule has 2 aliphatic rings. The van der Waals surface area contributed by atoms with Crippen molar-refractivity contribution in [2.45, 2.75) is 46.1 Å². The quantitative estimate of drug-likeness (QED) is 0.547. The van der Waals surface area contributed by atoms with E-state index in [0.29, 0.717) is 10.8 Å². The summed E-state index contributed by atoms with van der Waals surface area (Å²) < 4.78 is 0. The van der Waals surface area contributed by atoms with E-state index < -0.39 is 0 Å². The highest BCUT2D eigenvalue weighted by Gasteiger charge is 2.62. The molecule has 0 radical (unpaired) electrons. The normalized spacial score (nSPS) is 53.5.